The van der Waals surface area contributed by atoms with Gasteiger partial charge in [-0.25, -0.2) is 9.37 Å². The highest BCUT2D eigenvalue weighted by atomic mass is 19.1. The summed E-state index contributed by atoms with van der Waals surface area (Å²) in [6.07, 6.45) is 1.71. The number of benzene rings is 2. The Morgan fingerprint density at radius 2 is 1.64 bits per heavy atom. The lowest BCUT2D eigenvalue weighted by Gasteiger charge is -2.35. The number of anilines is 1. The van der Waals surface area contributed by atoms with E-state index in [1.54, 1.807) is 18.3 Å². The first-order valence-electron chi connectivity index (χ1n) is 8.51. The third-order valence-corrected chi connectivity index (χ3v) is 4.53. The Hall–Kier alpha value is -2.66. The van der Waals surface area contributed by atoms with Crippen molar-refractivity contribution in [2.24, 2.45) is 0 Å². The second-order valence-corrected chi connectivity index (χ2v) is 6.22. The number of hydrogen-bond donors (Lipinski definition) is 0. The molecule has 0 amide bonds. The van der Waals surface area contributed by atoms with Gasteiger partial charge in [0.15, 0.2) is 5.76 Å². The predicted molar refractivity (Wildman–Crippen MR) is 95.8 cm³/mol. The highest BCUT2D eigenvalue weighted by Crippen LogP contribution is 2.22. The molecule has 1 aliphatic rings. The van der Waals surface area contributed by atoms with Crippen molar-refractivity contribution >= 4 is 5.69 Å². The maximum Gasteiger partial charge on any atom is 0.209 e. The molecule has 2 heterocycles. The quantitative estimate of drug-likeness (QED) is 0.725. The van der Waals surface area contributed by atoms with Gasteiger partial charge in [0.1, 0.15) is 5.82 Å². The Labute approximate surface area is 146 Å². The van der Waals surface area contributed by atoms with Crippen LogP contribution in [0.4, 0.5) is 10.1 Å². The minimum atomic E-state index is -0.250. The van der Waals surface area contributed by atoms with Crippen LogP contribution in [0.1, 0.15) is 5.89 Å². The first kappa shape index (κ1) is 15.8. The van der Waals surface area contributed by atoms with Crippen molar-refractivity contribution < 1.29 is 8.81 Å². The molecular formula is C20H20FN3O. The van der Waals surface area contributed by atoms with E-state index in [1.807, 2.05) is 6.07 Å². The van der Waals surface area contributed by atoms with E-state index in [2.05, 4.69) is 39.0 Å². The molecule has 3 aromatic rings. The fourth-order valence-corrected chi connectivity index (χ4v) is 3.13. The lowest BCUT2D eigenvalue weighted by atomic mass is 10.2. The number of halogens is 1. The Bertz CT molecular complexity index is 808. The topological polar surface area (TPSA) is 32.5 Å². The van der Waals surface area contributed by atoms with Gasteiger partial charge in [-0.2, -0.15) is 0 Å². The van der Waals surface area contributed by atoms with Crippen molar-refractivity contribution in [3.05, 3.63) is 72.5 Å². The average molecular weight is 337 g/mol. The fraction of sp³-hybridized carbons (Fsp3) is 0.250. The molecule has 0 atom stereocenters. The maximum atomic E-state index is 13.0. The van der Waals surface area contributed by atoms with Crippen LogP contribution in [0.25, 0.3) is 11.3 Å². The van der Waals surface area contributed by atoms with Crippen molar-refractivity contribution in [2.75, 3.05) is 31.1 Å². The molecule has 0 N–H and O–H groups in total. The highest BCUT2D eigenvalue weighted by Gasteiger charge is 2.19. The van der Waals surface area contributed by atoms with E-state index in [1.165, 1.54) is 17.8 Å². The minimum absolute atomic E-state index is 0.250. The summed E-state index contributed by atoms with van der Waals surface area (Å²) in [7, 11) is 0. The molecule has 4 rings (SSSR count). The smallest absolute Gasteiger partial charge is 0.209 e. The van der Waals surface area contributed by atoms with Gasteiger partial charge in [0.2, 0.25) is 5.89 Å². The molecule has 2 aromatic carbocycles. The molecule has 25 heavy (non-hydrogen) atoms. The van der Waals surface area contributed by atoms with Crippen LogP contribution in [0, 0.1) is 5.82 Å². The zero-order valence-corrected chi connectivity index (χ0v) is 13.9. The summed E-state index contributed by atoms with van der Waals surface area (Å²) in [5.41, 5.74) is 2.12. The predicted octanol–water partition coefficient (Wildman–Crippen LogP) is 3.80. The van der Waals surface area contributed by atoms with Gasteiger partial charge in [-0.1, -0.05) is 18.2 Å². The molecule has 0 aliphatic carbocycles. The lowest BCUT2D eigenvalue weighted by Crippen LogP contribution is -2.46. The van der Waals surface area contributed by atoms with Crippen molar-refractivity contribution in [1.29, 1.82) is 0 Å². The number of para-hydroxylation sites is 1. The zero-order chi connectivity index (χ0) is 17.1. The van der Waals surface area contributed by atoms with Gasteiger partial charge in [0.25, 0.3) is 0 Å². The van der Waals surface area contributed by atoms with Crippen LogP contribution < -0.4 is 4.90 Å². The summed E-state index contributed by atoms with van der Waals surface area (Å²) < 4.78 is 18.8. The second-order valence-electron chi connectivity index (χ2n) is 6.22. The SMILES string of the molecule is Fc1ccc(-c2cnc(CN3CCN(c4ccccc4)CC3)o2)cc1. The average Bonchev–Trinajstić information content (AvgIpc) is 3.12. The Kier molecular flexibility index (Phi) is 4.48. The molecule has 0 bridgehead atoms. The largest absolute Gasteiger partial charge is 0.439 e. The molecule has 0 saturated carbocycles. The first-order chi connectivity index (χ1) is 12.3. The number of nitrogens with zero attached hydrogens (tertiary/aromatic N) is 3. The van der Waals surface area contributed by atoms with Gasteiger partial charge in [0, 0.05) is 37.4 Å². The summed E-state index contributed by atoms with van der Waals surface area (Å²) >= 11 is 0. The Balaban J connectivity index is 1.35. The van der Waals surface area contributed by atoms with Crippen LogP contribution in [0.3, 0.4) is 0 Å². The minimum Gasteiger partial charge on any atom is -0.439 e. The number of hydrogen-bond acceptors (Lipinski definition) is 4. The van der Waals surface area contributed by atoms with Gasteiger partial charge in [-0.15, -0.1) is 0 Å². The van der Waals surface area contributed by atoms with E-state index in [9.17, 15) is 4.39 Å². The highest BCUT2D eigenvalue weighted by molar-refractivity contribution is 5.55. The summed E-state index contributed by atoms with van der Waals surface area (Å²) in [4.78, 5) is 9.12. The summed E-state index contributed by atoms with van der Waals surface area (Å²) in [6, 6.07) is 16.8. The van der Waals surface area contributed by atoms with Crippen LogP contribution in [0.2, 0.25) is 0 Å². The monoisotopic (exact) mass is 337 g/mol. The van der Waals surface area contributed by atoms with Crippen molar-refractivity contribution in [3.63, 3.8) is 0 Å². The van der Waals surface area contributed by atoms with Gasteiger partial charge >= 0.3 is 0 Å². The van der Waals surface area contributed by atoms with Crippen LogP contribution >= 0.6 is 0 Å². The molecule has 1 saturated heterocycles. The van der Waals surface area contributed by atoms with Crippen LogP contribution in [0.5, 0.6) is 0 Å². The molecule has 4 nitrogen and oxygen atoms in total. The third kappa shape index (κ3) is 3.72. The van der Waals surface area contributed by atoms with Crippen molar-refractivity contribution in [1.82, 2.24) is 9.88 Å². The van der Waals surface area contributed by atoms with E-state index in [4.69, 9.17) is 4.42 Å². The molecule has 0 spiro atoms. The number of piperazine rings is 1. The standard InChI is InChI=1S/C20H20FN3O/c21-17-8-6-16(7-9-17)19-14-22-20(25-19)15-23-10-12-24(13-11-23)18-4-2-1-3-5-18/h1-9,14H,10-13,15H2. The summed E-state index contributed by atoms with van der Waals surface area (Å²) in [5, 5.41) is 0. The van der Waals surface area contributed by atoms with E-state index in [0.29, 0.717) is 18.2 Å². The number of aromatic nitrogens is 1. The lowest BCUT2D eigenvalue weighted by molar-refractivity contribution is 0.227. The molecule has 1 aromatic heterocycles. The zero-order valence-electron chi connectivity index (χ0n) is 13.9. The van der Waals surface area contributed by atoms with Gasteiger partial charge in [-0.05, 0) is 36.4 Å². The van der Waals surface area contributed by atoms with Gasteiger partial charge < -0.3 is 9.32 Å². The maximum absolute atomic E-state index is 13.0. The van der Waals surface area contributed by atoms with Crippen molar-refractivity contribution in [3.8, 4) is 11.3 Å². The molecule has 0 unspecified atom stereocenters. The van der Waals surface area contributed by atoms with Crippen LogP contribution in [0.15, 0.2) is 65.2 Å². The number of rotatable bonds is 4. The first-order valence-corrected chi connectivity index (χ1v) is 8.51. The molecule has 5 heteroatoms. The third-order valence-electron chi connectivity index (χ3n) is 4.53. The molecular weight excluding hydrogens is 317 g/mol. The Morgan fingerprint density at radius 1 is 0.920 bits per heavy atom. The normalized spacial score (nSPS) is 15.5. The Morgan fingerprint density at radius 3 is 2.36 bits per heavy atom. The van der Waals surface area contributed by atoms with E-state index in [-0.39, 0.29) is 5.82 Å². The molecule has 1 aliphatic heterocycles. The summed E-state index contributed by atoms with van der Waals surface area (Å²) in [5.74, 6) is 1.13. The molecule has 0 radical (unpaired) electrons. The van der Waals surface area contributed by atoms with Crippen LogP contribution in [-0.4, -0.2) is 36.1 Å². The molecule has 1 fully saturated rings. The van der Waals surface area contributed by atoms with Crippen LogP contribution in [-0.2, 0) is 6.54 Å². The van der Waals surface area contributed by atoms with Gasteiger partial charge in [-0.3, -0.25) is 4.90 Å². The summed E-state index contributed by atoms with van der Waals surface area (Å²) in [6.45, 7) is 4.64. The number of oxazole rings is 1. The van der Waals surface area contributed by atoms with E-state index >= 15 is 0 Å². The fourth-order valence-electron chi connectivity index (χ4n) is 3.13. The van der Waals surface area contributed by atoms with Crippen molar-refractivity contribution in [2.45, 2.75) is 6.54 Å². The van der Waals surface area contributed by atoms with E-state index < -0.39 is 0 Å². The van der Waals surface area contributed by atoms with Gasteiger partial charge in [0.05, 0.1) is 12.7 Å². The second kappa shape index (κ2) is 7.07. The molecule has 128 valence electrons. The van der Waals surface area contributed by atoms with E-state index in [0.717, 1.165) is 31.7 Å².